The van der Waals surface area contributed by atoms with Crippen LogP contribution in [0, 0.1) is 12.8 Å². The zero-order valence-electron chi connectivity index (χ0n) is 12.1. The molecule has 3 rings (SSSR count). The molecule has 1 aliphatic rings. The van der Waals surface area contributed by atoms with Crippen molar-refractivity contribution in [2.75, 3.05) is 0 Å². The first-order valence-electron chi connectivity index (χ1n) is 7.44. The van der Waals surface area contributed by atoms with Gasteiger partial charge in [0.15, 0.2) is 0 Å². The summed E-state index contributed by atoms with van der Waals surface area (Å²) in [6.07, 6.45) is 4.38. The van der Waals surface area contributed by atoms with Gasteiger partial charge >= 0.3 is 5.97 Å². The van der Waals surface area contributed by atoms with Gasteiger partial charge in [-0.1, -0.05) is 30.3 Å². The fourth-order valence-corrected chi connectivity index (χ4v) is 3.37. The Hall–Kier alpha value is -2.10. The van der Waals surface area contributed by atoms with Gasteiger partial charge in [-0.15, -0.1) is 0 Å². The van der Waals surface area contributed by atoms with Gasteiger partial charge in [0.2, 0.25) is 0 Å². The Kier molecular flexibility index (Phi) is 3.78. The second-order valence-corrected chi connectivity index (χ2v) is 5.87. The maximum atomic E-state index is 11.5. The highest BCUT2D eigenvalue weighted by molar-refractivity contribution is 5.70. The molecule has 0 spiro atoms. The number of aliphatic carboxylic acids is 1. The van der Waals surface area contributed by atoms with Gasteiger partial charge in [0, 0.05) is 6.20 Å². The second kappa shape index (κ2) is 5.72. The molecule has 0 aliphatic heterocycles. The lowest BCUT2D eigenvalue weighted by Crippen LogP contribution is -2.32. The molecule has 1 aliphatic carbocycles. The number of rotatable bonds is 3. The Bertz CT molecular complexity index is 621. The van der Waals surface area contributed by atoms with Gasteiger partial charge in [0.25, 0.3) is 0 Å². The molecule has 21 heavy (non-hydrogen) atoms. The fourth-order valence-electron chi connectivity index (χ4n) is 3.37. The highest BCUT2D eigenvalue weighted by Crippen LogP contribution is 2.42. The Morgan fingerprint density at radius 2 is 2.00 bits per heavy atom. The van der Waals surface area contributed by atoms with Crippen LogP contribution in [0.15, 0.2) is 42.6 Å². The first-order chi connectivity index (χ1) is 10.1. The Morgan fingerprint density at radius 3 is 2.62 bits per heavy atom. The number of carbonyl (C=O) groups is 1. The minimum atomic E-state index is -0.709. The maximum Gasteiger partial charge on any atom is 0.308 e. The van der Waals surface area contributed by atoms with Crippen LogP contribution in [0.3, 0.4) is 0 Å². The van der Waals surface area contributed by atoms with E-state index in [2.05, 4.69) is 17.2 Å². The monoisotopic (exact) mass is 284 g/mol. The van der Waals surface area contributed by atoms with Crippen LogP contribution in [0.4, 0.5) is 0 Å². The van der Waals surface area contributed by atoms with Crippen molar-refractivity contribution in [3.05, 3.63) is 53.9 Å². The molecule has 1 N–H and O–H groups in total. The van der Waals surface area contributed by atoms with Crippen LogP contribution >= 0.6 is 0 Å². The predicted molar refractivity (Wildman–Crippen MR) is 80.2 cm³/mol. The van der Waals surface area contributed by atoms with E-state index in [9.17, 15) is 9.90 Å². The van der Waals surface area contributed by atoms with E-state index in [-0.39, 0.29) is 12.0 Å². The van der Waals surface area contributed by atoms with Crippen LogP contribution in [0.25, 0.3) is 0 Å². The molecule has 0 amide bonds. The lowest BCUT2D eigenvalue weighted by atomic mass is 9.75. The van der Waals surface area contributed by atoms with Crippen molar-refractivity contribution >= 4 is 5.97 Å². The molecule has 2 aromatic rings. The van der Waals surface area contributed by atoms with Gasteiger partial charge in [0.05, 0.1) is 17.7 Å². The van der Waals surface area contributed by atoms with Gasteiger partial charge in [-0.25, -0.2) is 0 Å². The number of aryl methyl sites for hydroxylation is 1. The largest absolute Gasteiger partial charge is 0.481 e. The zero-order chi connectivity index (χ0) is 14.8. The topological polar surface area (TPSA) is 55.1 Å². The first-order valence-corrected chi connectivity index (χ1v) is 7.44. The predicted octanol–water partition coefficient (Wildman–Crippen LogP) is 3.40. The Labute approximate surface area is 124 Å². The van der Waals surface area contributed by atoms with E-state index in [0.717, 1.165) is 18.5 Å². The fraction of sp³-hybridized carbons (Fsp3) is 0.412. The lowest BCUT2D eigenvalue weighted by Gasteiger charge is -2.34. The molecule has 0 saturated heterocycles. The van der Waals surface area contributed by atoms with Gasteiger partial charge in [-0.3, -0.25) is 9.48 Å². The van der Waals surface area contributed by atoms with Crippen LogP contribution in [0.2, 0.25) is 0 Å². The minimum Gasteiger partial charge on any atom is -0.481 e. The van der Waals surface area contributed by atoms with Gasteiger partial charge in [-0.05, 0) is 43.7 Å². The quantitative estimate of drug-likeness (QED) is 0.939. The Morgan fingerprint density at radius 1 is 1.24 bits per heavy atom. The van der Waals surface area contributed by atoms with E-state index in [1.807, 2.05) is 42.1 Å². The third kappa shape index (κ3) is 2.84. The van der Waals surface area contributed by atoms with Crippen molar-refractivity contribution in [3.63, 3.8) is 0 Å². The van der Waals surface area contributed by atoms with Crippen molar-refractivity contribution in [2.45, 2.75) is 38.1 Å². The number of aromatic nitrogens is 2. The molecule has 0 radical (unpaired) electrons. The van der Waals surface area contributed by atoms with Gasteiger partial charge in [0.1, 0.15) is 0 Å². The summed E-state index contributed by atoms with van der Waals surface area (Å²) in [6, 6.07) is 12.3. The molecular weight excluding hydrogens is 264 g/mol. The summed E-state index contributed by atoms with van der Waals surface area (Å²) in [5.41, 5.74) is 2.23. The van der Waals surface area contributed by atoms with Crippen molar-refractivity contribution in [2.24, 2.45) is 5.92 Å². The van der Waals surface area contributed by atoms with E-state index in [1.54, 1.807) is 0 Å². The first kappa shape index (κ1) is 13.9. The molecule has 110 valence electrons. The van der Waals surface area contributed by atoms with Crippen LogP contribution < -0.4 is 0 Å². The molecule has 1 aromatic heterocycles. The Balaban J connectivity index is 1.87. The van der Waals surface area contributed by atoms with E-state index in [4.69, 9.17) is 0 Å². The van der Waals surface area contributed by atoms with Crippen molar-refractivity contribution in [1.29, 1.82) is 0 Å². The lowest BCUT2D eigenvalue weighted by molar-refractivity contribution is -0.144. The van der Waals surface area contributed by atoms with Crippen molar-refractivity contribution in [3.8, 4) is 0 Å². The van der Waals surface area contributed by atoms with Crippen LogP contribution in [-0.4, -0.2) is 20.9 Å². The SMILES string of the molecule is Cc1ccn(C2CC(c3ccccc3)CCC2C(=O)O)n1. The summed E-state index contributed by atoms with van der Waals surface area (Å²) in [5, 5.41) is 13.9. The van der Waals surface area contributed by atoms with Gasteiger partial charge < -0.3 is 5.11 Å². The zero-order valence-corrected chi connectivity index (χ0v) is 12.1. The second-order valence-electron chi connectivity index (χ2n) is 5.87. The molecular formula is C17H20N2O2. The van der Waals surface area contributed by atoms with Crippen LogP contribution in [0.1, 0.15) is 42.5 Å². The third-order valence-corrected chi connectivity index (χ3v) is 4.49. The molecule has 1 fully saturated rings. The smallest absolute Gasteiger partial charge is 0.308 e. The summed E-state index contributed by atoms with van der Waals surface area (Å²) in [6.45, 7) is 1.93. The third-order valence-electron chi connectivity index (χ3n) is 4.49. The van der Waals surface area contributed by atoms with Crippen LogP contribution in [-0.2, 0) is 4.79 Å². The van der Waals surface area contributed by atoms with Crippen molar-refractivity contribution < 1.29 is 9.90 Å². The average molecular weight is 284 g/mol. The molecule has 1 saturated carbocycles. The minimum absolute atomic E-state index is 0.0600. The van der Waals surface area contributed by atoms with E-state index < -0.39 is 5.97 Å². The van der Waals surface area contributed by atoms with Crippen molar-refractivity contribution in [1.82, 2.24) is 9.78 Å². The van der Waals surface area contributed by atoms with E-state index >= 15 is 0 Å². The maximum absolute atomic E-state index is 11.5. The summed E-state index contributed by atoms with van der Waals surface area (Å²) < 4.78 is 1.85. The molecule has 3 unspecified atom stereocenters. The molecule has 4 heteroatoms. The van der Waals surface area contributed by atoms with E-state index in [0.29, 0.717) is 12.3 Å². The summed E-state index contributed by atoms with van der Waals surface area (Å²) in [5.74, 6) is -0.639. The number of nitrogens with zero attached hydrogens (tertiary/aromatic N) is 2. The molecule has 4 nitrogen and oxygen atoms in total. The van der Waals surface area contributed by atoms with Gasteiger partial charge in [-0.2, -0.15) is 5.10 Å². The standard InChI is InChI=1S/C17H20N2O2/c1-12-9-10-19(18-12)16-11-14(7-8-15(16)17(20)21)13-5-3-2-4-6-13/h2-6,9-10,14-16H,7-8,11H2,1H3,(H,20,21). The molecule has 0 bridgehead atoms. The highest BCUT2D eigenvalue weighted by atomic mass is 16.4. The van der Waals surface area contributed by atoms with E-state index in [1.165, 1.54) is 5.56 Å². The summed E-state index contributed by atoms with van der Waals surface area (Å²) >= 11 is 0. The molecule has 3 atom stereocenters. The van der Waals surface area contributed by atoms with Crippen LogP contribution in [0.5, 0.6) is 0 Å². The summed E-state index contributed by atoms with van der Waals surface area (Å²) in [7, 11) is 0. The number of carboxylic acids is 1. The summed E-state index contributed by atoms with van der Waals surface area (Å²) in [4.78, 5) is 11.5. The highest BCUT2D eigenvalue weighted by Gasteiger charge is 2.37. The normalized spacial score (nSPS) is 25.7. The number of hydrogen-bond donors (Lipinski definition) is 1. The number of hydrogen-bond acceptors (Lipinski definition) is 2. The average Bonchev–Trinajstić information content (AvgIpc) is 2.94. The molecule has 1 aromatic carbocycles. The number of carboxylic acid groups (broad SMARTS) is 1. The molecule has 1 heterocycles. The number of benzene rings is 1.